The molecular weight excluding hydrogens is 266 g/mol. The Morgan fingerprint density at radius 3 is 2.81 bits per heavy atom. The Balaban J connectivity index is 1.76. The van der Waals surface area contributed by atoms with Crippen LogP contribution >= 0.6 is 0 Å². The first-order chi connectivity index (χ1) is 10.2. The average molecular weight is 291 g/mol. The molecule has 0 radical (unpaired) electrons. The van der Waals surface area contributed by atoms with Gasteiger partial charge in [-0.3, -0.25) is 0 Å². The van der Waals surface area contributed by atoms with Crippen molar-refractivity contribution in [2.24, 2.45) is 0 Å². The van der Waals surface area contributed by atoms with E-state index in [2.05, 4.69) is 11.8 Å². The van der Waals surface area contributed by atoms with Gasteiger partial charge in [-0.05, 0) is 44.0 Å². The Bertz CT molecular complexity index is 495. The first kappa shape index (κ1) is 14.7. The van der Waals surface area contributed by atoms with Gasteiger partial charge < -0.3 is 19.5 Å². The molecule has 1 atom stereocenters. The molecule has 21 heavy (non-hydrogen) atoms. The highest BCUT2D eigenvalue weighted by Gasteiger charge is 2.42. The zero-order valence-electron chi connectivity index (χ0n) is 13.0. The van der Waals surface area contributed by atoms with Crippen LogP contribution in [0.5, 0.6) is 11.5 Å². The predicted molar refractivity (Wildman–Crippen MR) is 81.9 cm³/mol. The maximum absolute atomic E-state index is 10.5. The Morgan fingerprint density at radius 1 is 1.38 bits per heavy atom. The molecule has 1 N–H and O–H groups in total. The molecule has 0 bridgehead atoms. The van der Waals surface area contributed by atoms with E-state index in [1.807, 2.05) is 18.2 Å². The summed E-state index contributed by atoms with van der Waals surface area (Å²) in [6.07, 6.45) is 3.42. The number of fused-ring (bicyclic) bond motifs is 1. The smallest absolute Gasteiger partial charge is 0.126 e. The van der Waals surface area contributed by atoms with Gasteiger partial charge in [-0.15, -0.1) is 0 Å². The Kier molecular flexibility index (Phi) is 4.09. The van der Waals surface area contributed by atoms with Gasteiger partial charge in [-0.1, -0.05) is 6.92 Å². The lowest BCUT2D eigenvalue weighted by atomic mass is 9.81. The number of rotatable bonds is 3. The highest BCUT2D eigenvalue weighted by atomic mass is 16.5. The fourth-order valence-corrected chi connectivity index (χ4v) is 3.55. The molecule has 2 aliphatic rings. The van der Waals surface area contributed by atoms with Gasteiger partial charge >= 0.3 is 0 Å². The number of hydrogen-bond donors (Lipinski definition) is 1. The molecule has 1 fully saturated rings. The summed E-state index contributed by atoms with van der Waals surface area (Å²) in [6, 6.07) is 5.71. The second-order valence-corrected chi connectivity index (χ2v) is 6.25. The Hall–Kier alpha value is -1.26. The molecule has 0 aromatic heterocycles. The van der Waals surface area contributed by atoms with Gasteiger partial charge in [0.1, 0.15) is 17.1 Å². The summed E-state index contributed by atoms with van der Waals surface area (Å²) in [6.45, 7) is 5.50. The van der Waals surface area contributed by atoms with Crippen molar-refractivity contribution < 1.29 is 14.6 Å². The number of aliphatic hydroxyl groups is 1. The van der Waals surface area contributed by atoms with Gasteiger partial charge in [0.25, 0.3) is 0 Å². The molecule has 0 saturated carbocycles. The van der Waals surface area contributed by atoms with E-state index in [1.54, 1.807) is 7.11 Å². The van der Waals surface area contributed by atoms with Crippen LogP contribution in [0, 0.1) is 0 Å². The van der Waals surface area contributed by atoms with Crippen molar-refractivity contribution in [3.8, 4) is 11.5 Å². The van der Waals surface area contributed by atoms with E-state index >= 15 is 0 Å². The summed E-state index contributed by atoms with van der Waals surface area (Å²) in [5.74, 6) is 1.59. The topological polar surface area (TPSA) is 41.9 Å². The first-order valence-corrected chi connectivity index (χ1v) is 7.93. The molecule has 116 valence electrons. The molecule has 1 aromatic rings. The minimum absolute atomic E-state index is 0.189. The molecule has 4 heteroatoms. The van der Waals surface area contributed by atoms with Crippen molar-refractivity contribution in [2.75, 3.05) is 26.7 Å². The molecule has 0 aliphatic carbocycles. The fraction of sp³-hybridized carbons (Fsp3) is 0.647. The number of likely N-dealkylation sites (tertiary alicyclic amines) is 1. The van der Waals surface area contributed by atoms with Gasteiger partial charge in [0.2, 0.25) is 0 Å². The highest BCUT2D eigenvalue weighted by Crippen LogP contribution is 2.45. The van der Waals surface area contributed by atoms with Gasteiger partial charge in [0.05, 0.1) is 13.2 Å². The highest BCUT2D eigenvalue weighted by molar-refractivity contribution is 5.43. The third-order valence-electron chi connectivity index (χ3n) is 4.77. The lowest BCUT2D eigenvalue weighted by Crippen LogP contribution is -2.50. The van der Waals surface area contributed by atoms with Gasteiger partial charge in [-0.25, -0.2) is 0 Å². The summed E-state index contributed by atoms with van der Waals surface area (Å²) in [5, 5.41) is 10.5. The van der Waals surface area contributed by atoms with E-state index in [1.165, 1.54) is 6.42 Å². The number of nitrogens with zero attached hydrogens (tertiary/aromatic N) is 1. The maximum atomic E-state index is 10.5. The molecular formula is C17H25NO3. The molecule has 0 unspecified atom stereocenters. The SMILES string of the molecule is CCCN1CCC2(CC1)C[C@@H](O)c1cc(OC)ccc1O2. The monoisotopic (exact) mass is 291 g/mol. The summed E-state index contributed by atoms with van der Waals surface area (Å²) >= 11 is 0. The van der Waals surface area contributed by atoms with Crippen LogP contribution in [0.15, 0.2) is 18.2 Å². The van der Waals surface area contributed by atoms with Crippen LogP contribution in [0.4, 0.5) is 0 Å². The van der Waals surface area contributed by atoms with Crippen molar-refractivity contribution in [1.29, 1.82) is 0 Å². The largest absolute Gasteiger partial charge is 0.497 e. The molecule has 0 amide bonds. The van der Waals surface area contributed by atoms with Crippen LogP contribution in [0.1, 0.15) is 44.3 Å². The molecule has 1 spiro atoms. The number of benzene rings is 1. The number of piperidine rings is 1. The zero-order valence-corrected chi connectivity index (χ0v) is 13.0. The lowest BCUT2D eigenvalue weighted by Gasteiger charge is -2.46. The predicted octanol–water partition coefficient (Wildman–Crippen LogP) is 2.76. The quantitative estimate of drug-likeness (QED) is 0.930. The van der Waals surface area contributed by atoms with E-state index < -0.39 is 6.10 Å². The van der Waals surface area contributed by atoms with E-state index in [9.17, 15) is 5.11 Å². The molecule has 2 aliphatic heterocycles. The first-order valence-electron chi connectivity index (χ1n) is 7.93. The van der Waals surface area contributed by atoms with E-state index in [-0.39, 0.29) is 5.60 Å². The lowest BCUT2D eigenvalue weighted by molar-refractivity contribution is -0.0538. The summed E-state index contributed by atoms with van der Waals surface area (Å²) in [5.41, 5.74) is 0.668. The zero-order chi connectivity index (χ0) is 14.9. The van der Waals surface area contributed by atoms with Gasteiger partial charge in [-0.2, -0.15) is 0 Å². The van der Waals surface area contributed by atoms with Crippen LogP contribution in [-0.2, 0) is 0 Å². The summed E-state index contributed by atoms with van der Waals surface area (Å²) < 4.78 is 11.5. The number of aliphatic hydroxyl groups excluding tert-OH is 1. The Labute approximate surface area is 126 Å². The second-order valence-electron chi connectivity index (χ2n) is 6.25. The van der Waals surface area contributed by atoms with Crippen molar-refractivity contribution in [3.05, 3.63) is 23.8 Å². The van der Waals surface area contributed by atoms with Crippen LogP contribution in [0.3, 0.4) is 0 Å². The van der Waals surface area contributed by atoms with Crippen LogP contribution in [0.25, 0.3) is 0 Å². The number of methoxy groups -OCH3 is 1. The summed E-state index contributed by atoms with van der Waals surface area (Å²) in [4.78, 5) is 2.49. The second kappa shape index (κ2) is 5.85. The van der Waals surface area contributed by atoms with Crippen LogP contribution < -0.4 is 9.47 Å². The number of hydrogen-bond acceptors (Lipinski definition) is 4. The van der Waals surface area contributed by atoms with Crippen molar-refractivity contribution >= 4 is 0 Å². The van der Waals surface area contributed by atoms with E-state index in [0.717, 1.165) is 49.5 Å². The normalized spacial score (nSPS) is 24.4. The van der Waals surface area contributed by atoms with E-state index in [0.29, 0.717) is 6.42 Å². The molecule has 3 rings (SSSR count). The minimum atomic E-state index is -0.457. The number of ether oxygens (including phenoxy) is 2. The van der Waals surface area contributed by atoms with Crippen molar-refractivity contribution in [3.63, 3.8) is 0 Å². The molecule has 1 aromatic carbocycles. The van der Waals surface area contributed by atoms with Gasteiger partial charge in [0.15, 0.2) is 0 Å². The van der Waals surface area contributed by atoms with Crippen molar-refractivity contribution in [2.45, 2.75) is 44.3 Å². The summed E-state index contributed by atoms with van der Waals surface area (Å²) in [7, 11) is 1.64. The minimum Gasteiger partial charge on any atom is -0.497 e. The average Bonchev–Trinajstić information content (AvgIpc) is 2.50. The fourth-order valence-electron chi connectivity index (χ4n) is 3.55. The van der Waals surface area contributed by atoms with Crippen molar-refractivity contribution in [1.82, 2.24) is 4.90 Å². The third-order valence-corrected chi connectivity index (χ3v) is 4.77. The third kappa shape index (κ3) is 2.87. The maximum Gasteiger partial charge on any atom is 0.126 e. The molecule has 2 heterocycles. The Morgan fingerprint density at radius 2 is 2.14 bits per heavy atom. The van der Waals surface area contributed by atoms with Gasteiger partial charge in [0, 0.05) is 25.1 Å². The molecule has 4 nitrogen and oxygen atoms in total. The molecule has 1 saturated heterocycles. The van der Waals surface area contributed by atoms with Crippen LogP contribution in [0.2, 0.25) is 0 Å². The standard InChI is InChI=1S/C17H25NO3/c1-3-8-18-9-6-17(7-10-18)12-15(19)14-11-13(20-2)4-5-16(14)21-17/h4-5,11,15,19H,3,6-10,12H2,1-2H3/t15-/m1/s1. The van der Waals surface area contributed by atoms with Crippen LogP contribution in [-0.4, -0.2) is 42.4 Å². The van der Waals surface area contributed by atoms with E-state index in [4.69, 9.17) is 9.47 Å².